The Balaban J connectivity index is 1.76. The maximum Gasteiger partial charge on any atom is 0.329 e. The van der Waals surface area contributed by atoms with Crippen molar-refractivity contribution in [3.05, 3.63) is 23.3 Å². The van der Waals surface area contributed by atoms with E-state index in [1.807, 2.05) is 32.9 Å². The first-order valence-electron chi connectivity index (χ1n) is 20.8. The molecule has 4 aliphatic rings. The number of cyclic esters (lactones) is 1. The van der Waals surface area contributed by atoms with E-state index < -0.39 is 83.9 Å². The Bertz CT molecular complexity index is 1430. The number of hydrogen-bond acceptors (Lipinski definition) is 12. The van der Waals surface area contributed by atoms with Gasteiger partial charge in [0.05, 0.1) is 30.5 Å². The van der Waals surface area contributed by atoms with Crippen LogP contribution in [-0.2, 0) is 42.9 Å². The number of esters is 1. The molecule has 56 heavy (non-hydrogen) atoms. The number of nitrogens with zero attached hydrogens (tertiary/aromatic N) is 1. The summed E-state index contributed by atoms with van der Waals surface area (Å²) < 4.78 is 29.7. The first-order chi connectivity index (χ1) is 26.5. The highest BCUT2D eigenvalue weighted by Crippen LogP contribution is 2.39. The molecular formula is C43H69NO12. The molecule has 3 N–H and O–H groups in total. The van der Waals surface area contributed by atoms with E-state index in [1.54, 1.807) is 21.0 Å². The molecule has 3 heterocycles. The van der Waals surface area contributed by atoms with E-state index in [0.717, 1.165) is 5.57 Å². The lowest BCUT2D eigenvalue weighted by molar-refractivity contribution is -0.302. The third kappa shape index (κ3) is 10.7. The molecule has 1 aliphatic carbocycles. The SMILES string of the molecule is CC[C@@H]1/C=C(\C)C[C@H](C)C[C@H](OC)[C@H]2O[C@@](O)(C(=O)C(=O)N3CCCC[C@H]3C(=O)O[C@H](/C(C)=C/[C@H]3CC[C@H](O)[C@H](OC)C3)[C@H](C)[C@@H](O)CC1=O)[C@H](C)C[C@@H]2OC. The van der Waals surface area contributed by atoms with Gasteiger partial charge in [0, 0.05) is 52.0 Å². The fraction of sp³-hybridized carbons (Fsp3) is 0.814. The molecule has 0 aromatic heterocycles. The lowest BCUT2D eigenvalue weighted by Crippen LogP contribution is -2.64. The van der Waals surface area contributed by atoms with Gasteiger partial charge in [-0.25, -0.2) is 4.79 Å². The fourth-order valence-electron chi connectivity index (χ4n) is 9.39. The Morgan fingerprint density at radius 2 is 1.57 bits per heavy atom. The first-order valence-corrected chi connectivity index (χ1v) is 20.8. The van der Waals surface area contributed by atoms with Gasteiger partial charge >= 0.3 is 5.97 Å². The molecule has 318 valence electrons. The average Bonchev–Trinajstić information content (AvgIpc) is 3.18. The maximum atomic E-state index is 14.3. The van der Waals surface area contributed by atoms with Crippen molar-refractivity contribution in [2.75, 3.05) is 27.9 Å². The van der Waals surface area contributed by atoms with Crippen LogP contribution in [-0.4, -0.2) is 126 Å². The minimum absolute atomic E-state index is 0.000914. The zero-order valence-corrected chi connectivity index (χ0v) is 35.1. The highest BCUT2D eigenvalue weighted by molar-refractivity contribution is 6.39. The van der Waals surface area contributed by atoms with Crippen LogP contribution in [0, 0.1) is 29.6 Å². The number of hydrogen-bond donors (Lipinski definition) is 3. The minimum atomic E-state index is -2.50. The Morgan fingerprint density at radius 1 is 0.911 bits per heavy atom. The topological polar surface area (TPSA) is 178 Å². The number of aliphatic hydroxyl groups is 3. The quantitative estimate of drug-likeness (QED) is 0.196. The molecule has 14 atom stereocenters. The summed E-state index contributed by atoms with van der Waals surface area (Å²) in [4.78, 5) is 57.6. The highest BCUT2D eigenvalue weighted by atomic mass is 16.7. The van der Waals surface area contributed by atoms with Gasteiger partial charge in [-0.3, -0.25) is 14.4 Å². The lowest BCUT2D eigenvalue weighted by atomic mass is 9.81. The van der Waals surface area contributed by atoms with Crippen molar-refractivity contribution in [3.63, 3.8) is 0 Å². The summed E-state index contributed by atoms with van der Waals surface area (Å²) >= 11 is 0. The van der Waals surface area contributed by atoms with Gasteiger partial charge in [0.25, 0.3) is 11.7 Å². The van der Waals surface area contributed by atoms with Crippen LogP contribution in [0.1, 0.15) is 112 Å². The molecule has 0 unspecified atom stereocenters. The molecule has 1 amide bonds. The zero-order valence-electron chi connectivity index (χ0n) is 35.1. The van der Waals surface area contributed by atoms with Crippen LogP contribution < -0.4 is 0 Å². The molecule has 2 saturated heterocycles. The van der Waals surface area contributed by atoms with Crippen molar-refractivity contribution >= 4 is 23.4 Å². The van der Waals surface area contributed by atoms with Crippen LogP contribution >= 0.6 is 0 Å². The number of methoxy groups -OCH3 is 3. The van der Waals surface area contributed by atoms with E-state index in [-0.39, 0.29) is 49.5 Å². The number of rotatable bonds is 6. The summed E-state index contributed by atoms with van der Waals surface area (Å²) in [6.07, 6.45) is 3.72. The largest absolute Gasteiger partial charge is 0.456 e. The predicted octanol–water partition coefficient (Wildman–Crippen LogP) is 4.47. The first kappa shape index (κ1) is 46.2. The summed E-state index contributed by atoms with van der Waals surface area (Å²) in [6, 6.07) is -1.13. The number of fused-ring (bicyclic) bond motifs is 3. The molecule has 3 aliphatic heterocycles. The van der Waals surface area contributed by atoms with E-state index in [1.165, 1.54) is 19.1 Å². The van der Waals surface area contributed by atoms with Crippen LogP contribution in [0.4, 0.5) is 0 Å². The van der Waals surface area contributed by atoms with E-state index in [2.05, 4.69) is 6.92 Å². The summed E-state index contributed by atoms with van der Waals surface area (Å²) in [5.41, 5.74) is 1.66. The number of carbonyl (C=O) groups excluding carboxylic acids is 4. The van der Waals surface area contributed by atoms with E-state index in [0.29, 0.717) is 56.9 Å². The van der Waals surface area contributed by atoms with E-state index >= 15 is 0 Å². The fourth-order valence-corrected chi connectivity index (χ4v) is 9.39. The molecule has 0 aromatic rings. The van der Waals surface area contributed by atoms with Gasteiger partial charge in [-0.05, 0) is 95.5 Å². The second-order valence-corrected chi connectivity index (χ2v) is 17.2. The van der Waals surface area contributed by atoms with Crippen LogP contribution in [0.5, 0.6) is 0 Å². The van der Waals surface area contributed by atoms with E-state index in [4.69, 9.17) is 23.7 Å². The third-order valence-electron chi connectivity index (χ3n) is 12.9. The Labute approximate surface area is 333 Å². The van der Waals surface area contributed by atoms with Crippen LogP contribution in [0.25, 0.3) is 0 Å². The smallest absolute Gasteiger partial charge is 0.329 e. The number of piperidine rings is 1. The number of carbonyl (C=O) groups is 4. The van der Waals surface area contributed by atoms with Gasteiger partial charge in [0.1, 0.15) is 24.0 Å². The summed E-state index contributed by atoms with van der Waals surface area (Å²) in [7, 11) is 4.63. The number of Topliss-reactive ketones (excluding diaryl/α,β-unsaturated/α-hetero) is 2. The van der Waals surface area contributed by atoms with Crippen molar-refractivity contribution in [2.45, 2.75) is 167 Å². The average molecular weight is 792 g/mol. The monoisotopic (exact) mass is 791 g/mol. The molecule has 4 rings (SSSR count). The highest BCUT2D eigenvalue weighted by Gasteiger charge is 2.56. The van der Waals surface area contributed by atoms with Crippen molar-refractivity contribution in [2.24, 2.45) is 29.6 Å². The Kier molecular flexibility index (Phi) is 16.9. The Hall–Kier alpha value is -2.52. The van der Waals surface area contributed by atoms with Crippen molar-refractivity contribution in [3.8, 4) is 0 Å². The number of aliphatic hydroxyl groups excluding tert-OH is 2. The number of amides is 1. The van der Waals surface area contributed by atoms with Gasteiger partial charge in [0.2, 0.25) is 5.79 Å². The van der Waals surface area contributed by atoms with Crippen LogP contribution in [0.3, 0.4) is 0 Å². The third-order valence-corrected chi connectivity index (χ3v) is 12.9. The van der Waals surface area contributed by atoms with Gasteiger partial charge < -0.3 is 43.9 Å². The number of allylic oxidation sites excluding steroid dienone is 3. The van der Waals surface area contributed by atoms with Gasteiger partial charge in [-0.1, -0.05) is 45.4 Å². The van der Waals surface area contributed by atoms with Crippen molar-refractivity contribution < 1.29 is 58.2 Å². The number of ether oxygens (including phenoxy) is 5. The van der Waals surface area contributed by atoms with Crippen LogP contribution in [0.15, 0.2) is 23.3 Å². The molecule has 2 bridgehead atoms. The standard InChI is InChI=1S/C43H69NO12/c1-10-30-18-24(2)17-25(3)19-36(53-8)39-37(54-9)21-27(5)43(51,56-39)40(48)41(49)44-16-12-11-13-31(44)42(50)55-38(28(6)33(46)23-34(30)47)26(4)20-29-14-15-32(45)35(22-29)52-7/h18,20,25,27-33,35-39,45-46,51H,10-17,19,21-23H2,1-9H3/b24-18+,26-20+/t25-,27+,28+,29+,30+,31-,32-,33-,35+,36-,37-,38+,39+,43+/m0/s1. The molecule has 13 heteroatoms. The summed E-state index contributed by atoms with van der Waals surface area (Å²) in [5.74, 6) is -7.50. The molecule has 13 nitrogen and oxygen atoms in total. The Morgan fingerprint density at radius 3 is 2.21 bits per heavy atom. The molecule has 0 radical (unpaired) electrons. The zero-order chi connectivity index (χ0) is 41.5. The molecular weight excluding hydrogens is 722 g/mol. The summed E-state index contributed by atoms with van der Waals surface area (Å²) in [6.45, 7) is 11.3. The predicted molar refractivity (Wildman–Crippen MR) is 208 cm³/mol. The number of ketones is 2. The maximum absolute atomic E-state index is 14.3. The molecule has 0 spiro atoms. The molecule has 1 saturated carbocycles. The minimum Gasteiger partial charge on any atom is -0.456 e. The second kappa shape index (κ2) is 20.4. The second-order valence-electron chi connectivity index (χ2n) is 17.2. The van der Waals surface area contributed by atoms with Gasteiger partial charge in [-0.15, -0.1) is 0 Å². The molecule has 0 aromatic carbocycles. The molecule has 3 fully saturated rings. The van der Waals surface area contributed by atoms with Crippen molar-refractivity contribution in [1.29, 1.82) is 0 Å². The lowest BCUT2D eigenvalue weighted by Gasteiger charge is -2.47. The van der Waals surface area contributed by atoms with Crippen LogP contribution in [0.2, 0.25) is 0 Å². The van der Waals surface area contributed by atoms with Crippen molar-refractivity contribution in [1.82, 2.24) is 4.90 Å². The van der Waals surface area contributed by atoms with Gasteiger partial charge in [0.15, 0.2) is 0 Å². The summed E-state index contributed by atoms with van der Waals surface area (Å²) in [5, 5.41) is 34.1. The normalized spacial score (nSPS) is 41.6. The van der Waals surface area contributed by atoms with Gasteiger partial charge in [-0.2, -0.15) is 0 Å². The van der Waals surface area contributed by atoms with E-state index in [9.17, 15) is 34.5 Å².